The third-order valence-electron chi connectivity index (χ3n) is 9.40. The third-order valence-corrected chi connectivity index (χ3v) is 9.40. The zero-order valence-electron chi connectivity index (χ0n) is 30.8. The van der Waals surface area contributed by atoms with Crippen molar-refractivity contribution in [1.82, 2.24) is 0 Å². The molecule has 0 N–H and O–H groups in total. The third kappa shape index (κ3) is 5.92. The molecule has 8 nitrogen and oxygen atoms in total. The zero-order chi connectivity index (χ0) is 37.0. The van der Waals surface area contributed by atoms with Crippen LogP contribution in [-0.4, -0.2) is 38.4 Å². The Morgan fingerprint density at radius 1 is 0.529 bits per heavy atom. The van der Waals surface area contributed by atoms with E-state index in [0.29, 0.717) is 47.3 Å². The summed E-state index contributed by atoms with van der Waals surface area (Å²) in [5, 5.41) is 0. The second kappa shape index (κ2) is 15.2. The molecule has 4 aromatic rings. The summed E-state index contributed by atoms with van der Waals surface area (Å²) in [4.78, 5) is 26.8. The number of esters is 2. The topological polar surface area (TPSA) is 89.5 Å². The summed E-state index contributed by atoms with van der Waals surface area (Å²) in [5.74, 6) is 0.654. The van der Waals surface area contributed by atoms with Crippen LogP contribution in [0.3, 0.4) is 0 Å². The molecule has 1 aliphatic carbocycles. The van der Waals surface area contributed by atoms with Gasteiger partial charge in [0.25, 0.3) is 0 Å². The lowest BCUT2D eigenvalue weighted by molar-refractivity contribution is -0.130. The molecule has 0 heterocycles. The van der Waals surface area contributed by atoms with Crippen LogP contribution in [0.15, 0.2) is 73.8 Å². The second-order valence-electron chi connectivity index (χ2n) is 12.0. The molecule has 51 heavy (non-hydrogen) atoms. The van der Waals surface area contributed by atoms with E-state index in [4.69, 9.17) is 28.4 Å². The smallest absolute Gasteiger partial charge is 0.335 e. The van der Waals surface area contributed by atoms with Crippen LogP contribution in [0.4, 0.5) is 0 Å². The monoisotopic (exact) mass is 690 g/mol. The first-order valence-electron chi connectivity index (χ1n) is 17.3. The highest BCUT2D eigenvalue weighted by molar-refractivity contribution is 5.94. The van der Waals surface area contributed by atoms with Gasteiger partial charge in [-0.05, 0) is 88.8 Å². The lowest BCUT2D eigenvalue weighted by Crippen LogP contribution is -2.33. The van der Waals surface area contributed by atoms with Crippen molar-refractivity contribution < 1.29 is 38.0 Å². The molecule has 0 aliphatic heterocycles. The Balaban J connectivity index is 2.25. The van der Waals surface area contributed by atoms with Crippen LogP contribution in [0.2, 0.25) is 0 Å². The molecule has 0 spiro atoms. The minimum Gasteiger partial charge on any atom is -0.493 e. The largest absolute Gasteiger partial charge is 0.493 e. The van der Waals surface area contributed by atoms with E-state index in [1.165, 1.54) is 0 Å². The molecule has 5 rings (SSSR count). The van der Waals surface area contributed by atoms with Crippen molar-refractivity contribution in [1.29, 1.82) is 0 Å². The van der Waals surface area contributed by atoms with Crippen LogP contribution in [0.5, 0.6) is 34.5 Å². The van der Waals surface area contributed by atoms with Crippen LogP contribution < -0.4 is 28.4 Å². The van der Waals surface area contributed by atoms with E-state index >= 15 is 0 Å². The van der Waals surface area contributed by atoms with E-state index in [0.717, 1.165) is 56.7 Å². The van der Waals surface area contributed by atoms with Gasteiger partial charge in [0.2, 0.25) is 0 Å². The van der Waals surface area contributed by atoms with Gasteiger partial charge in [-0.25, -0.2) is 9.59 Å². The number of hydrogen-bond donors (Lipinski definition) is 0. The minimum absolute atomic E-state index is 0.152. The molecule has 266 valence electrons. The number of fused-ring (bicyclic) bond motifs is 3. The fraction of sp³-hybridized carbons (Fsp3) is 0.302. The Labute approximate surface area is 300 Å². The first-order chi connectivity index (χ1) is 24.6. The average molecular weight is 691 g/mol. The van der Waals surface area contributed by atoms with Crippen LogP contribution >= 0.6 is 0 Å². The van der Waals surface area contributed by atoms with E-state index in [1.54, 1.807) is 0 Å². The Bertz CT molecular complexity index is 1880. The van der Waals surface area contributed by atoms with Gasteiger partial charge in [0.15, 0.2) is 23.0 Å². The quantitative estimate of drug-likeness (QED) is 0.0648. The number of carbonyl (C=O) groups excluding carboxylic acids is 2. The number of benzene rings is 4. The van der Waals surface area contributed by atoms with Crippen molar-refractivity contribution in [2.75, 3.05) is 26.4 Å². The summed E-state index contributed by atoms with van der Waals surface area (Å²) in [6.07, 6.45) is 2.23. The normalized spacial score (nSPS) is 12.3. The molecular weight excluding hydrogens is 644 g/mol. The average Bonchev–Trinajstić information content (AvgIpc) is 3.43. The van der Waals surface area contributed by atoms with Gasteiger partial charge in [0.05, 0.1) is 43.0 Å². The minimum atomic E-state index is -1.41. The molecule has 0 amide bonds. The van der Waals surface area contributed by atoms with E-state index < -0.39 is 17.4 Å². The summed E-state index contributed by atoms with van der Waals surface area (Å²) in [6.45, 7) is 23.9. The van der Waals surface area contributed by atoms with Gasteiger partial charge in [0, 0.05) is 23.3 Å². The van der Waals surface area contributed by atoms with Crippen molar-refractivity contribution in [3.05, 3.63) is 118 Å². The first kappa shape index (κ1) is 36.8. The predicted molar refractivity (Wildman–Crippen MR) is 199 cm³/mol. The highest BCUT2D eigenvalue weighted by atomic mass is 16.6. The van der Waals surface area contributed by atoms with Crippen LogP contribution in [-0.2, 0) is 15.0 Å². The van der Waals surface area contributed by atoms with Gasteiger partial charge in [-0.3, -0.25) is 0 Å². The second-order valence-corrected chi connectivity index (χ2v) is 12.0. The highest BCUT2D eigenvalue weighted by Crippen LogP contribution is 2.66. The van der Waals surface area contributed by atoms with Crippen molar-refractivity contribution >= 4 is 11.9 Å². The molecule has 0 fully saturated rings. The summed E-state index contributed by atoms with van der Waals surface area (Å²) < 4.78 is 38.6. The molecule has 0 atom stereocenters. The Morgan fingerprint density at radius 2 is 0.843 bits per heavy atom. The summed E-state index contributed by atoms with van der Waals surface area (Å²) in [5.41, 5.74) is 6.07. The predicted octanol–water partition coefficient (Wildman–Crippen LogP) is 9.06. The molecule has 8 heteroatoms. The summed E-state index contributed by atoms with van der Waals surface area (Å²) in [7, 11) is 0. The Hall–Kier alpha value is -5.50. The molecule has 0 radical (unpaired) electrons. The van der Waals surface area contributed by atoms with Crippen molar-refractivity contribution in [3.63, 3.8) is 0 Å². The number of carbonyl (C=O) groups is 2. The number of ether oxygens (including phenoxy) is 6. The standard InChI is InChI=1S/C43H46O8/c1-11-33(44)50-41-35(37(46-13-3)25(7)27(9)39(41)48-15-5)43(31-23-19-17-21-29(31)30-22-18-20-24-32(30)43)36-38(47-14-4)26(8)28(10)40(49-16-6)42(36)51-34(45)12-2/h11-12,17-24H,1-2,13-16H2,3-10H3. The molecule has 0 unspecified atom stereocenters. The summed E-state index contributed by atoms with van der Waals surface area (Å²) >= 11 is 0. The maximum atomic E-state index is 13.4. The first-order valence-corrected chi connectivity index (χ1v) is 17.3. The van der Waals surface area contributed by atoms with Gasteiger partial charge in [0.1, 0.15) is 11.5 Å². The molecular formula is C43H46O8. The Morgan fingerprint density at radius 3 is 1.18 bits per heavy atom. The van der Waals surface area contributed by atoms with Gasteiger partial charge >= 0.3 is 11.9 Å². The van der Waals surface area contributed by atoms with Crippen molar-refractivity contribution in [2.45, 2.75) is 60.8 Å². The van der Waals surface area contributed by atoms with E-state index in [-0.39, 0.29) is 24.7 Å². The maximum absolute atomic E-state index is 13.4. The lowest BCUT2D eigenvalue weighted by Gasteiger charge is -2.39. The number of rotatable bonds is 14. The highest BCUT2D eigenvalue weighted by Gasteiger charge is 2.55. The van der Waals surface area contributed by atoms with E-state index in [9.17, 15) is 9.59 Å². The molecule has 1 aliphatic rings. The van der Waals surface area contributed by atoms with Crippen LogP contribution in [0.25, 0.3) is 11.1 Å². The van der Waals surface area contributed by atoms with Gasteiger partial charge in [-0.2, -0.15) is 0 Å². The van der Waals surface area contributed by atoms with Crippen LogP contribution in [0, 0.1) is 27.7 Å². The SMILES string of the molecule is C=CC(=O)Oc1c(OCC)c(C)c(C)c(OCC)c1C1(c2c(OCC)c(C)c(C)c(OCC)c2OC(=O)C=C)c2ccccc2-c2ccccc21. The fourth-order valence-electron chi connectivity index (χ4n) is 7.18. The molecule has 0 bridgehead atoms. The zero-order valence-corrected chi connectivity index (χ0v) is 30.8. The lowest BCUT2D eigenvalue weighted by atomic mass is 9.65. The molecule has 4 aromatic carbocycles. The van der Waals surface area contributed by atoms with Gasteiger partial charge < -0.3 is 28.4 Å². The maximum Gasteiger partial charge on any atom is 0.335 e. The van der Waals surface area contributed by atoms with E-state index in [1.807, 2.05) is 91.8 Å². The number of hydrogen-bond acceptors (Lipinski definition) is 8. The molecule has 0 aromatic heterocycles. The molecule has 0 saturated carbocycles. The van der Waals surface area contributed by atoms with Crippen molar-refractivity contribution in [3.8, 4) is 45.6 Å². The van der Waals surface area contributed by atoms with E-state index in [2.05, 4.69) is 25.3 Å². The van der Waals surface area contributed by atoms with Crippen molar-refractivity contribution in [2.24, 2.45) is 0 Å². The Kier molecular flexibility index (Phi) is 10.9. The van der Waals surface area contributed by atoms with Gasteiger partial charge in [-0.1, -0.05) is 61.7 Å². The molecule has 0 saturated heterocycles. The summed E-state index contributed by atoms with van der Waals surface area (Å²) in [6, 6.07) is 16.0. The fourth-order valence-corrected chi connectivity index (χ4v) is 7.18. The van der Waals surface area contributed by atoms with Gasteiger partial charge in [-0.15, -0.1) is 0 Å². The van der Waals surface area contributed by atoms with Crippen LogP contribution in [0.1, 0.15) is 72.2 Å².